The topological polar surface area (TPSA) is 46.3 Å². The molecule has 18 heavy (non-hydrogen) atoms. The fraction of sp³-hybridized carbons (Fsp3) is 0.231. The number of carbonyl (C=O) groups excluding carboxylic acids is 1. The smallest absolute Gasteiger partial charge is 0.238 e. The number of rotatable bonds is 5. The largest absolute Gasteiger partial charge is 0.364 e. The number of amides is 1. The first-order chi connectivity index (χ1) is 8.79. The van der Waals surface area contributed by atoms with Gasteiger partial charge in [-0.1, -0.05) is 35.5 Å². The molecule has 5 heteroatoms. The molecule has 1 amide bonds. The molecule has 0 unspecified atom stereocenters. The second-order valence-corrected chi connectivity index (χ2v) is 4.13. The van der Waals surface area contributed by atoms with Crippen LogP contribution < -0.4 is 0 Å². The van der Waals surface area contributed by atoms with Crippen LogP contribution in [0.3, 0.4) is 0 Å². The molecule has 0 aliphatic carbocycles. The van der Waals surface area contributed by atoms with Gasteiger partial charge in [-0.05, 0) is 5.56 Å². The van der Waals surface area contributed by atoms with E-state index in [0.29, 0.717) is 18.8 Å². The number of hydrogen-bond donors (Lipinski definition) is 0. The van der Waals surface area contributed by atoms with Crippen molar-refractivity contribution in [2.75, 3.05) is 5.88 Å². The van der Waals surface area contributed by atoms with Crippen molar-refractivity contribution in [2.45, 2.75) is 13.1 Å². The summed E-state index contributed by atoms with van der Waals surface area (Å²) in [5.41, 5.74) is 1.77. The van der Waals surface area contributed by atoms with Crippen LogP contribution in [0.25, 0.3) is 0 Å². The summed E-state index contributed by atoms with van der Waals surface area (Å²) in [4.78, 5) is 13.4. The molecule has 0 N–H and O–H groups in total. The molecule has 0 aliphatic rings. The van der Waals surface area contributed by atoms with Crippen molar-refractivity contribution in [2.24, 2.45) is 0 Å². The molecule has 0 spiro atoms. The fourth-order valence-electron chi connectivity index (χ4n) is 1.64. The molecule has 0 fully saturated rings. The molecule has 0 atom stereocenters. The minimum atomic E-state index is -0.122. The molecule has 1 aromatic heterocycles. The van der Waals surface area contributed by atoms with E-state index in [2.05, 4.69) is 5.16 Å². The fourth-order valence-corrected chi connectivity index (χ4v) is 1.80. The average molecular weight is 265 g/mol. The summed E-state index contributed by atoms with van der Waals surface area (Å²) in [7, 11) is 0. The number of alkyl halides is 1. The van der Waals surface area contributed by atoms with E-state index in [1.807, 2.05) is 30.3 Å². The van der Waals surface area contributed by atoms with Crippen LogP contribution in [0.15, 0.2) is 47.2 Å². The van der Waals surface area contributed by atoms with Gasteiger partial charge in [0.25, 0.3) is 0 Å². The Morgan fingerprint density at radius 2 is 2.00 bits per heavy atom. The van der Waals surface area contributed by atoms with Crippen LogP contribution in [-0.4, -0.2) is 21.8 Å². The van der Waals surface area contributed by atoms with Gasteiger partial charge in [-0.25, -0.2) is 0 Å². The summed E-state index contributed by atoms with van der Waals surface area (Å²) >= 11 is 5.62. The maximum Gasteiger partial charge on any atom is 0.238 e. The molecule has 2 aromatic rings. The zero-order valence-electron chi connectivity index (χ0n) is 9.75. The minimum absolute atomic E-state index is 0.0370. The lowest BCUT2D eigenvalue weighted by Gasteiger charge is -2.20. The van der Waals surface area contributed by atoms with Crippen LogP contribution in [0.1, 0.15) is 11.3 Å². The summed E-state index contributed by atoms with van der Waals surface area (Å²) < 4.78 is 4.76. The highest BCUT2D eigenvalue weighted by Gasteiger charge is 2.14. The average Bonchev–Trinajstić information content (AvgIpc) is 2.91. The Kier molecular flexibility index (Phi) is 4.36. The van der Waals surface area contributed by atoms with E-state index in [9.17, 15) is 4.79 Å². The number of benzene rings is 1. The van der Waals surface area contributed by atoms with Crippen molar-refractivity contribution >= 4 is 17.5 Å². The van der Waals surface area contributed by atoms with Crippen molar-refractivity contribution in [1.29, 1.82) is 0 Å². The van der Waals surface area contributed by atoms with Gasteiger partial charge in [0.15, 0.2) is 0 Å². The highest BCUT2D eigenvalue weighted by atomic mass is 35.5. The highest BCUT2D eigenvalue weighted by molar-refractivity contribution is 6.27. The van der Waals surface area contributed by atoms with Crippen LogP contribution in [0.4, 0.5) is 0 Å². The monoisotopic (exact) mass is 264 g/mol. The molecule has 94 valence electrons. The molecular weight excluding hydrogens is 252 g/mol. The first-order valence-corrected chi connectivity index (χ1v) is 6.10. The number of nitrogens with zero attached hydrogens (tertiary/aromatic N) is 2. The van der Waals surface area contributed by atoms with Crippen LogP contribution in [0, 0.1) is 0 Å². The Morgan fingerprint density at radius 1 is 1.22 bits per heavy atom. The summed E-state index contributed by atoms with van der Waals surface area (Å²) in [5.74, 6) is -0.159. The van der Waals surface area contributed by atoms with Gasteiger partial charge in [0, 0.05) is 12.6 Å². The molecule has 0 saturated heterocycles. The van der Waals surface area contributed by atoms with Crippen LogP contribution >= 0.6 is 11.6 Å². The van der Waals surface area contributed by atoms with Crippen molar-refractivity contribution < 1.29 is 9.32 Å². The van der Waals surface area contributed by atoms with Gasteiger partial charge in [0.05, 0.1) is 6.54 Å². The van der Waals surface area contributed by atoms with E-state index < -0.39 is 0 Å². The van der Waals surface area contributed by atoms with Gasteiger partial charge < -0.3 is 9.42 Å². The third-order valence-electron chi connectivity index (χ3n) is 2.53. The van der Waals surface area contributed by atoms with E-state index in [1.54, 1.807) is 11.0 Å². The number of aromatic nitrogens is 1. The molecule has 1 heterocycles. The van der Waals surface area contributed by atoms with Crippen molar-refractivity contribution in [3.63, 3.8) is 0 Å². The van der Waals surface area contributed by atoms with E-state index in [0.717, 1.165) is 5.56 Å². The minimum Gasteiger partial charge on any atom is -0.364 e. The van der Waals surface area contributed by atoms with Crippen LogP contribution in [0.5, 0.6) is 0 Å². The lowest BCUT2D eigenvalue weighted by atomic mass is 10.2. The maximum absolute atomic E-state index is 11.8. The third-order valence-corrected chi connectivity index (χ3v) is 2.76. The molecule has 4 nitrogen and oxygen atoms in total. The molecule has 2 rings (SSSR count). The van der Waals surface area contributed by atoms with Gasteiger partial charge in [0.1, 0.15) is 17.8 Å². The van der Waals surface area contributed by atoms with Gasteiger partial charge in [-0.15, -0.1) is 11.6 Å². The Morgan fingerprint density at radius 3 is 2.61 bits per heavy atom. The zero-order chi connectivity index (χ0) is 12.8. The maximum atomic E-state index is 11.8. The molecule has 1 aromatic carbocycles. The molecule has 0 bridgehead atoms. The lowest BCUT2D eigenvalue weighted by Crippen LogP contribution is -2.31. The summed E-state index contributed by atoms with van der Waals surface area (Å²) in [6, 6.07) is 11.5. The second-order valence-electron chi connectivity index (χ2n) is 3.86. The van der Waals surface area contributed by atoms with E-state index >= 15 is 0 Å². The Labute approximate surface area is 110 Å². The number of carbonyl (C=O) groups is 1. The van der Waals surface area contributed by atoms with E-state index in [1.165, 1.54) is 6.26 Å². The zero-order valence-corrected chi connectivity index (χ0v) is 10.5. The molecule has 0 saturated carbocycles. The van der Waals surface area contributed by atoms with E-state index in [4.69, 9.17) is 16.1 Å². The Bertz CT molecular complexity index is 485. The Hall–Kier alpha value is -1.81. The van der Waals surface area contributed by atoms with Gasteiger partial charge in [-0.2, -0.15) is 0 Å². The lowest BCUT2D eigenvalue weighted by molar-refractivity contribution is -0.129. The second kappa shape index (κ2) is 6.21. The van der Waals surface area contributed by atoms with Crippen molar-refractivity contribution in [3.8, 4) is 0 Å². The SMILES string of the molecule is O=C(CCl)N(Cc1ccccc1)Cc1ccon1. The van der Waals surface area contributed by atoms with Gasteiger partial charge in [0.2, 0.25) is 5.91 Å². The van der Waals surface area contributed by atoms with Crippen LogP contribution in [0.2, 0.25) is 0 Å². The molecular formula is C13H13ClN2O2. The standard InChI is InChI=1S/C13H13ClN2O2/c14-8-13(17)16(10-12-6-7-18-15-12)9-11-4-2-1-3-5-11/h1-7H,8-10H2. The van der Waals surface area contributed by atoms with Gasteiger partial charge in [-0.3, -0.25) is 4.79 Å². The van der Waals surface area contributed by atoms with Crippen LogP contribution in [-0.2, 0) is 17.9 Å². The van der Waals surface area contributed by atoms with Gasteiger partial charge >= 0.3 is 0 Å². The first kappa shape index (κ1) is 12.6. The quantitative estimate of drug-likeness (QED) is 0.780. The first-order valence-electron chi connectivity index (χ1n) is 5.56. The summed E-state index contributed by atoms with van der Waals surface area (Å²) in [6.07, 6.45) is 1.49. The summed E-state index contributed by atoms with van der Waals surface area (Å²) in [5, 5.41) is 3.80. The number of hydrogen-bond acceptors (Lipinski definition) is 3. The Balaban J connectivity index is 2.08. The van der Waals surface area contributed by atoms with Crippen molar-refractivity contribution in [1.82, 2.24) is 10.1 Å². The van der Waals surface area contributed by atoms with Crippen molar-refractivity contribution in [3.05, 3.63) is 53.9 Å². The number of halogens is 1. The van der Waals surface area contributed by atoms with E-state index in [-0.39, 0.29) is 11.8 Å². The predicted molar refractivity (Wildman–Crippen MR) is 67.9 cm³/mol. The molecule has 0 radical (unpaired) electrons. The molecule has 0 aliphatic heterocycles. The summed E-state index contributed by atoms with van der Waals surface area (Å²) in [6.45, 7) is 0.913. The highest BCUT2D eigenvalue weighted by Crippen LogP contribution is 2.09. The normalized spacial score (nSPS) is 10.3. The predicted octanol–water partition coefficient (Wildman–Crippen LogP) is 2.44. The third kappa shape index (κ3) is 3.34.